The first-order valence-corrected chi connectivity index (χ1v) is 4.29. The number of benzene rings is 1. The number of rotatable bonds is 1. The Kier molecular flexibility index (Phi) is 2.69. The summed E-state index contributed by atoms with van der Waals surface area (Å²) in [6.07, 6.45) is 0. The van der Waals surface area contributed by atoms with E-state index in [9.17, 15) is 10.1 Å². The average Bonchev–Trinajstić information content (AvgIpc) is 1.99. The number of nitro groups is 1. The molecule has 64 valence electrons. The molecule has 0 fully saturated rings. The van der Waals surface area contributed by atoms with Crippen LogP contribution in [0.25, 0.3) is 0 Å². The van der Waals surface area contributed by atoms with Gasteiger partial charge in [0.25, 0.3) is 5.69 Å². The summed E-state index contributed by atoms with van der Waals surface area (Å²) in [6.45, 7) is 1.79. The van der Waals surface area contributed by atoms with Crippen molar-refractivity contribution in [3.63, 3.8) is 0 Å². The van der Waals surface area contributed by atoms with Crippen molar-refractivity contribution >= 4 is 33.2 Å². The Morgan fingerprint density at radius 2 is 2.17 bits per heavy atom. The molecule has 1 rings (SSSR count). The number of nitro benzene ring substituents is 1. The van der Waals surface area contributed by atoms with Crippen molar-refractivity contribution in [3.05, 3.63) is 37.3 Å². The van der Waals surface area contributed by atoms with Gasteiger partial charge in [0.1, 0.15) is 0 Å². The summed E-state index contributed by atoms with van der Waals surface area (Å²) >= 11 is 8.91. The first-order chi connectivity index (χ1) is 5.52. The fraction of sp³-hybridized carbons (Fsp3) is 0.143. The fourth-order valence-electron chi connectivity index (χ4n) is 0.737. The van der Waals surface area contributed by atoms with Gasteiger partial charge < -0.3 is 0 Å². The summed E-state index contributed by atoms with van der Waals surface area (Å²) in [7, 11) is 0. The molecule has 0 aliphatic carbocycles. The number of hydrogen-bond acceptors (Lipinski definition) is 2. The monoisotopic (exact) mass is 249 g/mol. The van der Waals surface area contributed by atoms with Gasteiger partial charge in [-0.05, 0) is 12.5 Å². The highest BCUT2D eigenvalue weighted by Crippen LogP contribution is 2.29. The summed E-state index contributed by atoms with van der Waals surface area (Å²) in [6, 6.07) is 2.77. The van der Waals surface area contributed by atoms with Gasteiger partial charge in [-0.25, -0.2) is 0 Å². The third-order valence-corrected chi connectivity index (χ3v) is 2.69. The topological polar surface area (TPSA) is 43.1 Å². The zero-order chi connectivity index (χ0) is 9.30. The largest absolute Gasteiger partial charge is 0.272 e. The van der Waals surface area contributed by atoms with E-state index in [1.807, 2.05) is 0 Å². The second-order valence-electron chi connectivity index (χ2n) is 2.29. The zero-order valence-corrected chi connectivity index (χ0v) is 8.52. The van der Waals surface area contributed by atoms with Crippen LogP contribution in [0.3, 0.4) is 0 Å². The molecule has 0 heterocycles. The van der Waals surface area contributed by atoms with Crippen LogP contribution in [0.5, 0.6) is 0 Å². The van der Waals surface area contributed by atoms with Crippen molar-refractivity contribution < 1.29 is 4.92 Å². The normalized spacial score (nSPS) is 9.92. The van der Waals surface area contributed by atoms with Crippen LogP contribution in [-0.2, 0) is 0 Å². The number of nitrogens with zero attached hydrogens (tertiary/aromatic N) is 1. The molecule has 0 atom stereocenters. The second-order valence-corrected chi connectivity index (χ2v) is 3.55. The molecule has 0 radical (unpaired) electrons. The van der Waals surface area contributed by atoms with Gasteiger partial charge in [-0.1, -0.05) is 27.5 Å². The molecule has 0 bridgehead atoms. The van der Waals surface area contributed by atoms with Crippen LogP contribution in [0.2, 0.25) is 5.02 Å². The summed E-state index contributed by atoms with van der Waals surface area (Å²) in [5, 5.41) is 10.7. The molecule has 3 nitrogen and oxygen atoms in total. The minimum absolute atomic E-state index is 0.00234. The van der Waals surface area contributed by atoms with Crippen molar-refractivity contribution in [1.82, 2.24) is 0 Å². The van der Waals surface area contributed by atoms with Crippen molar-refractivity contribution in [2.75, 3.05) is 0 Å². The quantitative estimate of drug-likeness (QED) is 0.567. The third-order valence-electron chi connectivity index (χ3n) is 1.48. The van der Waals surface area contributed by atoms with E-state index in [1.54, 1.807) is 6.92 Å². The van der Waals surface area contributed by atoms with Crippen LogP contribution < -0.4 is 0 Å². The number of non-ortho nitro benzene ring substituents is 1. The predicted molar refractivity (Wildman–Crippen MR) is 50.5 cm³/mol. The van der Waals surface area contributed by atoms with Crippen molar-refractivity contribution in [1.29, 1.82) is 0 Å². The van der Waals surface area contributed by atoms with Crippen LogP contribution >= 0.6 is 27.5 Å². The maximum Gasteiger partial charge on any atom is 0.272 e. The molecule has 0 aromatic heterocycles. The highest BCUT2D eigenvalue weighted by atomic mass is 79.9. The van der Waals surface area contributed by atoms with Crippen LogP contribution in [0.1, 0.15) is 5.56 Å². The van der Waals surface area contributed by atoms with Gasteiger partial charge in [0.15, 0.2) is 0 Å². The highest BCUT2D eigenvalue weighted by Gasteiger charge is 2.10. The second kappa shape index (κ2) is 3.41. The Morgan fingerprint density at radius 1 is 1.58 bits per heavy atom. The van der Waals surface area contributed by atoms with Crippen molar-refractivity contribution in [2.24, 2.45) is 0 Å². The summed E-state index contributed by atoms with van der Waals surface area (Å²) in [4.78, 5) is 9.87. The SMILES string of the molecule is Cc1c(Cl)cc([N+](=O)[O-])cc1Br. The van der Waals surface area contributed by atoms with Gasteiger partial charge in [0.05, 0.1) is 9.95 Å². The van der Waals surface area contributed by atoms with E-state index in [2.05, 4.69) is 15.9 Å². The molecule has 1 aromatic rings. The molecule has 1 aromatic carbocycles. The first kappa shape index (κ1) is 9.48. The van der Waals surface area contributed by atoms with E-state index in [1.165, 1.54) is 12.1 Å². The standard InChI is InChI=1S/C7H5BrClNO2/c1-4-6(8)2-5(10(11)12)3-7(4)9/h2-3H,1H3. The van der Waals surface area contributed by atoms with Gasteiger partial charge >= 0.3 is 0 Å². The fourth-order valence-corrected chi connectivity index (χ4v) is 1.51. The predicted octanol–water partition coefficient (Wildman–Crippen LogP) is 3.32. The molecular formula is C7H5BrClNO2. The van der Waals surface area contributed by atoms with E-state index in [4.69, 9.17) is 11.6 Å². The Labute approximate surface area is 82.6 Å². The van der Waals surface area contributed by atoms with Crippen LogP contribution in [0.15, 0.2) is 16.6 Å². The molecular weight excluding hydrogens is 245 g/mol. The summed E-state index contributed by atoms with van der Waals surface area (Å²) in [5.74, 6) is 0. The van der Waals surface area contributed by atoms with Crippen molar-refractivity contribution in [2.45, 2.75) is 6.92 Å². The smallest absolute Gasteiger partial charge is 0.258 e. The molecule has 0 amide bonds. The molecule has 0 saturated carbocycles. The van der Waals surface area contributed by atoms with E-state index >= 15 is 0 Å². The lowest BCUT2D eigenvalue weighted by Gasteiger charge is -1.99. The van der Waals surface area contributed by atoms with Gasteiger partial charge in [-0.15, -0.1) is 0 Å². The zero-order valence-electron chi connectivity index (χ0n) is 6.17. The summed E-state index contributed by atoms with van der Waals surface area (Å²) < 4.78 is 0.654. The maximum atomic E-state index is 10.3. The number of hydrogen-bond donors (Lipinski definition) is 0. The Hall–Kier alpha value is -0.610. The molecule has 0 spiro atoms. The van der Waals surface area contributed by atoms with Crippen LogP contribution in [0.4, 0.5) is 5.69 Å². The lowest BCUT2D eigenvalue weighted by Crippen LogP contribution is -1.89. The Balaban J connectivity index is 3.31. The Bertz CT molecular complexity index is 317. The minimum Gasteiger partial charge on any atom is -0.258 e. The van der Waals surface area contributed by atoms with Gasteiger partial charge in [0, 0.05) is 16.6 Å². The molecule has 5 heteroatoms. The molecule has 0 aliphatic heterocycles. The Morgan fingerprint density at radius 3 is 2.58 bits per heavy atom. The lowest BCUT2D eigenvalue weighted by atomic mass is 10.2. The summed E-state index contributed by atoms with van der Waals surface area (Å²) in [5.41, 5.74) is 0.805. The molecule has 0 unspecified atom stereocenters. The van der Waals surface area contributed by atoms with E-state index in [0.29, 0.717) is 9.50 Å². The molecule has 12 heavy (non-hydrogen) atoms. The van der Waals surface area contributed by atoms with Gasteiger partial charge in [0.2, 0.25) is 0 Å². The number of halogens is 2. The van der Waals surface area contributed by atoms with Crippen molar-refractivity contribution in [3.8, 4) is 0 Å². The van der Waals surface area contributed by atoms with E-state index < -0.39 is 4.92 Å². The van der Waals surface area contributed by atoms with E-state index in [0.717, 1.165) is 5.56 Å². The van der Waals surface area contributed by atoms with Crippen LogP contribution in [-0.4, -0.2) is 4.92 Å². The maximum absolute atomic E-state index is 10.3. The van der Waals surface area contributed by atoms with Crippen LogP contribution in [0, 0.1) is 17.0 Å². The van der Waals surface area contributed by atoms with Gasteiger partial charge in [-0.2, -0.15) is 0 Å². The average molecular weight is 250 g/mol. The lowest BCUT2D eigenvalue weighted by molar-refractivity contribution is -0.384. The molecule has 0 saturated heterocycles. The third kappa shape index (κ3) is 1.76. The van der Waals surface area contributed by atoms with E-state index in [-0.39, 0.29) is 5.69 Å². The van der Waals surface area contributed by atoms with Gasteiger partial charge in [-0.3, -0.25) is 10.1 Å². The molecule has 0 aliphatic rings. The first-order valence-electron chi connectivity index (χ1n) is 3.12. The highest BCUT2D eigenvalue weighted by molar-refractivity contribution is 9.10. The molecule has 0 N–H and O–H groups in total. The minimum atomic E-state index is -0.476.